The van der Waals surface area contributed by atoms with Gasteiger partial charge in [-0.1, -0.05) is 24.1 Å². The second kappa shape index (κ2) is 8.95. The van der Waals surface area contributed by atoms with Crippen molar-refractivity contribution in [2.75, 3.05) is 0 Å². The summed E-state index contributed by atoms with van der Waals surface area (Å²) >= 11 is 0. The van der Waals surface area contributed by atoms with E-state index in [0.29, 0.717) is 23.9 Å². The summed E-state index contributed by atoms with van der Waals surface area (Å²) in [6, 6.07) is 11.7. The van der Waals surface area contributed by atoms with E-state index in [2.05, 4.69) is 26.8 Å². The molecule has 3 fully saturated rings. The van der Waals surface area contributed by atoms with Gasteiger partial charge in [0.15, 0.2) is 5.82 Å². The summed E-state index contributed by atoms with van der Waals surface area (Å²) in [5.74, 6) is 6.75. The van der Waals surface area contributed by atoms with E-state index < -0.39 is 5.97 Å². The maximum atomic E-state index is 12.2. The van der Waals surface area contributed by atoms with Crippen molar-refractivity contribution < 1.29 is 9.90 Å². The summed E-state index contributed by atoms with van der Waals surface area (Å²) in [5, 5.41) is 10.9. The highest BCUT2D eigenvalue weighted by atomic mass is 16.4. The van der Waals surface area contributed by atoms with E-state index >= 15 is 0 Å². The van der Waals surface area contributed by atoms with E-state index in [1.54, 1.807) is 6.20 Å². The van der Waals surface area contributed by atoms with Gasteiger partial charge in [0.2, 0.25) is 0 Å². The lowest BCUT2D eigenvalue weighted by atomic mass is 9.57. The highest BCUT2D eigenvalue weighted by Gasteiger charge is 2.47. The minimum atomic E-state index is -0.670. The van der Waals surface area contributed by atoms with Crippen molar-refractivity contribution in [2.24, 2.45) is 23.7 Å². The molecule has 2 bridgehead atoms. The number of carboxylic acid groups (broad SMARTS) is 1. The fraction of sp³-hybridized carbons (Fsp3) is 0.321. The topological polar surface area (TPSA) is 105 Å². The van der Waals surface area contributed by atoms with Gasteiger partial charge in [0.25, 0.3) is 0 Å². The Morgan fingerprint density at radius 1 is 1.06 bits per heavy atom. The molecule has 7 heteroatoms. The van der Waals surface area contributed by atoms with Crippen LogP contribution in [0.5, 0.6) is 0 Å². The van der Waals surface area contributed by atoms with Crippen molar-refractivity contribution >= 4 is 17.0 Å². The van der Waals surface area contributed by atoms with E-state index in [1.807, 2.05) is 42.6 Å². The first-order chi connectivity index (χ1) is 17.2. The van der Waals surface area contributed by atoms with Gasteiger partial charge in [0, 0.05) is 34.6 Å². The number of benzene rings is 1. The molecule has 174 valence electrons. The third-order valence-electron chi connectivity index (χ3n) is 7.61. The van der Waals surface area contributed by atoms with E-state index in [4.69, 9.17) is 9.97 Å². The summed E-state index contributed by atoms with van der Waals surface area (Å²) in [6.45, 7) is 0. The Balaban J connectivity index is 1.42. The number of rotatable bonds is 4. The Morgan fingerprint density at radius 3 is 2.66 bits per heavy atom. The molecule has 0 amide bonds. The molecule has 7 rings (SSSR count). The summed E-state index contributed by atoms with van der Waals surface area (Å²) in [5.41, 5.74) is 3.89. The van der Waals surface area contributed by atoms with Crippen molar-refractivity contribution in [2.45, 2.75) is 32.1 Å². The maximum Gasteiger partial charge on any atom is 0.307 e. The number of aromatic nitrogens is 5. The van der Waals surface area contributed by atoms with Crippen LogP contribution in [0, 0.1) is 35.5 Å². The predicted molar refractivity (Wildman–Crippen MR) is 131 cm³/mol. The van der Waals surface area contributed by atoms with Gasteiger partial charge in [-0.3, -0.25) is 4.79 Å². The number of hydrogen-bond acceptors (Lipinski definition) is 5. The van der Waals surface area contributed by atoms with Gasteiger partial charge >= 0.3 is 5.97 Å². The van der Waals surface area contributed by atoms with Gasteiger partial charge in [-0.15, -0.1) is 0 Å². The highest BCUT2D eigenvalue weighted by molar-refractivity contribution is 5.90. The van der Waals surface area contributed by atoms with Crippen molar-refractivity contribution in [1.82, 2.24) is 24.9 Å². The molecule has 0 spiro atoms. The number of hydrogen-bond donors (Lipinski definition) is 2. The van der Waals surface area contributed by atoms with Gasteiger partial charge < -0.3 is 10.1 Å². The van der Waals surface area contributed by atoms with Crippen LogP contribution in [0.1, 0.15) is 42.6 Å². The minimum Gasteiger partial charge on any atom is -0.481 e. The van der Waals surface area contributed by atoms with Crippen LogP contribution in [0.2, 0.25) is 0 Å². The monoisotopic (exact) mass is 463 g/mol. The average Bonchev–Trinajstić information content (AvgIpc) is 3.33. The molecule has 1 aromatic carbocycles. The highest BCUT2D eigenvalue weighted by Crippen LogP contribution is 2.50. The second-order valence-corrected chi connectivity index (χ2v) is 9.58. The largest absolute Gasteiger partial charge is 0.481 e. The smallest absolute Gasteiger partial charge is 0.307 e. The Bertz CT molecular complexity index is 1440. The molecule has 35 heavy (non-hydrogen) atoms. The molecule has 3 aliphatic carbocycles. The molecule has 3 saturated carbocycles. The Labute approximate surface area is 203 Å². The maximum absolute atomic E-state index is 12.2. The SMILES string of the molecule is O=C(O)C1C2CCC(CC2)C1Cc1cc(C#Cc2ccccc2)nc(-c2c[nH]c3ncncc23)n1. The number of aliphatic carboxylic acids is 1. The van der Waals surface area contributed by atoms with E-state index in [9.17, 15) is 9.90 Å². The number of H-pyrrole nitrogens is 1. The van der Waals surface area contributed by atoms with Crippen LogP contribution in [0.15, 0.2) is 55.1 Å². The van der Waals surface area contributed by atoms with E-state index in [-0.39, 0.29) is 17.8 Å². The van der Waals surface area contributed by atoms with Crippen LogP contribution < -0.4 is 0 Å². The van der Waals surface area contributed by atoms with Crippen LogP contribution in [-0.2, 0) is 11.2 Å². The number of carbonyl (C=O) groups is 1. The quantitative estimate of drug-likeness (QED) is 0.432. The number of nitrogens with one attached hydrogen (secondary N) is 1. The Morgan fingerprint density at radius 2 is 1.86 bits per heavy atom. The van der Waals surface area contributed by atoms with E-state index in [0.717, 1.165) is 53.5 Å². The standard InChI is InChI=1S/C28H25N5O2/c34-28(35)25-19-9-7-18(8-10-19)22(25)13-21-12-20(11-6-17-4-2-1-3-5-17)32-27(33-21)24-15-30-26-23(24)14-29-16-31-26/h1-5,12,14-16,18-19,22,25H,7-10,13H2,(H,34,35)(H,29,30,31). The lowest BCUT2D eigenvalue weighted by molar-refractivity contribution is -0.152. The molecule has 2 atom stereocenters. The molecule has 0 aliphatic heterocycles. The second-order valence-electron chi connectivity index (χ2n) is 9.58. The third kappa shape index (κ3) is 4.17. The fourth-order valence-electron chi connectivity index (χ4n) is 5.98. The summed E-state index contributed by atoms with van der Waals surface area (Å²) in [7, 11) is 0. The molecule has 3 heterocycles. The van der Waals surface area contributed by atoms with Crippen molar-refractivity contribution in [1.29, 1.82) is 0 Å². The van der Waals surface area contributed by atoms with Crippen LogP contribution in [0.3, 0.4) is 0 Å². The van der Waals surface area contributed by atoms with Crippen molar-refractivity contribution in [3.05, 3.63) is 72.1 Å². The van der Waals surface area contributed by atoms with E-state index in [1.165, 1.54) is 6.33 Å². The Hall–Kier alpha value is -4.05. The van der Waals surface area contributed by atoms with Gasteiger partial charge in [0.1, 0.15) is 17.7 Å². The lowest BCUT2D eigenvalue weighted by Crippen LogP contribution is -2.45. The number of aromatic amines is 1. The lowest BCUT2D eigenvalue weighted by Gasteiger charge is -2.46. The van der Waals surface area contributed by atoms with Crippen LogP contribution in [-0.4, -0.2) is 36.0 Å². The molecular weight excluding hydrogens is 438 g/mol. The van der Waals surface area contributed by atoms with Crippen LogP contribution in [0.25, 0.3) is 22.4 Å². The first kappa shape index (κ1) is 21.5. The van der Waals surface area contributed by atoms with Gasteiger partial charge in [-0.25, -0.2) is 19.9 Å². The zero-order valence-electron chi connectivity index (χ0n) is 19.2. The first-order valence-corrected chi connectivity index (χ1v) is 12.1. The molecule has 0 saturated heterocycles. The third-order valence-corrected chi connectivity index (χ3v) is 7.61. The minimum absolute atomic E-state index is 0.0870. The zero-order chi connectivity index (χ0) is 23.8. The van der Waals surface area contributed by atoms with Gasteiger partial charge in [-0.2, -0.15) is 0 Å². The molecule has 3 aromatic heterocycles. The molecule has 7 nitrogen and oxygen atoms in total. The van der Waals surface area contributed by atoms with Gasteiger partial charge in [0.05, 0.1) is 5.92 Å². The number of nitrogens with zero attached hydrogens (tertiary/aromatic N) is 4. The van der Waals surface area contributed by atoms with Crippen molar-refractivity contribution in [3.8, 4) is 23.2 Å². The van der Waals surface area contributed by atoms with Crippen LogP contribution >= 0.6 is 0 Å². The first-order valence-electron chi connectivity index (χ1n) is 12.1. The fourth-order valence-corrected chi connectivity index (χ4v) is 5.98. The molecule has 2 unspecified atom stereocenters. The summed E-state index contributed by atoms with van der Waals surface area (Å²) in [4.78, 5) is 33.5. The molecule has 3 aliphatic rings. The number of carboxylic acids is 1. The molecule has 4 aromatic rings. The van der Waals surface area contributed by atoms with Crippen molar-refractivity contribution in [3.63, 3.8) is 0 Å². The van der Waals surface area contributed by atoms with Crippen LogP contribution in [0.4, 0.5) is 0 Å². The normalized spacial score (nSPS) is 23.1. The predicted octanol–water partition coefficient (Wildman–Crippen LogP) is 4.49. The number of fused-ring (bicyclic) bond motifs is 4. The Kier molecular flexibility index (Phi) is 5.49. The molecular formula is C28H25N5O2. The summed E-state index contributed by atoms with van der Waals surface area (Å²) < 4.78 is 0. The average molecular weight is 464 g/mol. The van der Waals surface area contributed by atoms with Gasteiger partial charge in [-0.05, 0) is 74.0 Å². The summed E-state index contributed by atoms with van der Waals surface area (Å²) in [6.07, 6.45) is 9.98. The molecule has 0 radical (unpaired) electrons. The zero-order valence-corrected chi connectivity index (χ0v) is 19.2. The molecule has 2 N–H and O–H groups in total.